The molecule has 0 radical (unpaired) electrons. The minimum Gasteiger partial charge on any atom is -0.369 e. The van der Waals surface area contributed by atoms with Crippen molar-refractivity contribution in [2.45, 2.75) is 19.5 Å². The highest BCUT2D eigenvalue weighted by atomic mass is 35.5. The molecule has 1 saturated heterocycles. The fraction of sp³-hybridized carbons (Fsp3) is 0.440. The van der Waals surface area contributed by atoms with Crippen LogP contribution in [-0.4, -0.2) is 78.0 Å². The molecule has 1 aliphatic rings. The van der Waals surface area contributed by atoms with Gasteiger partial charge in [0.15, 0.2) is 0 Å². The molecule has 1 aliphatic heterocycles. The second-order valence-electron chi connectivity index (χ2n) is 8.88. The third-order valence-electron chi connectivity index (χ3n) is 5.96. The highest BCUT2D eigenvalue weighted by Gasteiger charge is 2.19. The molecule has 6 nitrogen and oxygen atoms in total. The van der Waals surface area contributed by atoms with Crippen LogP contribution in [0, 0.1) is 0 Å². The Morgan fingerprint density at radius 2 is 1.67 bits per heavy atom. The summed E-state index contributed by atoms with van der Waals surface area (Å²) in [6, 6.07) is 14.0. The molecule has 1 N–H and O–H groups in total. The number of benzene rings is 2. The van der Waals surface area contributed by atoms with E-state index in [-0.39, 0.29) is 0 Å². The van der Waals surface area contributed by atoms with Crippen LogP contribution in [-0.2, 0) is 13.1 Å². The van der Waals surface area contributed by atoms with Crippen molar-refractivity contribution < 1.29 is 0 Å². The lowest BCUT2D eigenvalue weighted by atomic mass is 10.2. The van der Waals surface area contributed by atoms with Crippen molar-refractivity contribution in [3.63, 3.8) is 0 Å². The topological polar surface area (TPSA) is 47.5 Å². The SMILES string of the molecule is CN(C)CCCNc1nc(CN2CCN(Cc3ccc(Cl)cc3Cl)CC2)nc2ccccc12. The number of hydrogen-bond acceptors (Lipinski definition) is 6. The fourth-order valence-electron chi connectivity index (χ4n) is 4.13. The molecule has 0 amide bonds. The molecule has 176 valence electrons. The number of rotatable bonds is 9. The maximum atomic E-state index is 6.36. The number of nitrogens with one attached hydrogen (secondary N) is 1. The summed E-state index contributed by atoms with van der Waals surface area (Å²) in [5, 5.41) is 6.03. The van der Waals surface area contributed by atoms with Gasteiger partial charge in [0.1, 0.15) is 11.6 Å². The largest absolute Gasteiger partial charge is 0.369 e. The first kappa shape index (κ1) is 24.2. The molecule has 0 bridgehead atoms. The smallest absolute Gasteiger partial charge is 0.145 e. The van der Waals surface area contributed by atoms with Gasteiger partial charge in [-0.15, -0.1) is 0 Å². The van der Waals surface area contributed by atoms with Gasteiger partial charge in [0.05, 0.1) is 12.1 Å². The predicted molar refractivity (Wildman–Crippen MR) is 138 cm³/mol. The Hall–Kier alpha value is -1.96. The van der Waals surface area contributed by atoms with Crippen LogP contribution in [0.3, 0.4) is 0 Å². The van der Waals surface area contributed by atoms with Crippen LogP contribution in [0.15, 0.2) is 42.5 Å². The third kappa shape index (κ3) is 6.78. The van der Waals surface area contributed by atoms with Crippen molar-refractivity contribution >= 4 is 39.9 Å². The highest BCUT2D eigenvalue weighted by Crippen LogP contribution is 2.24. The molecular weight excluding hydrogens is 455 g/mol. The van der Waals surface area contributed by atoms with Crippen molar-refractivity contribution in [3.05, 3.63) is 63.9 Å². The van der Waals surface area contributed by atoms with Crippen LogP contribution in [0.1, 0.15) is 17.8 Å². The molecular formula is C25H32Cl2N6. The van der Waals surface area contributed by atoms with Gasteiger partial charge in [0, 0.05) is 54.7 Å². The summed E-state index contributed by atoms with van der Waals surface area (Å²) < 4.78 is 0. The molecule has 0 spiro atoms. The van der Waals surface area contributed by atoms with Crippen molar-refractivity contribution in [2.24, 2.45) is 0 Å². The molecule has 0 saturated carbocycles. The van der Waals surface area contributed by atoms with Crippen molar-refractivity contribution in [3.8, 4) is 0 Å². The van der Waals surface area contributed by atoms with Gasteiger partial charge in [-0.05, 0) is 56.9 Å². The Kier molecular flexibility index (Phi) is 8.39. The van der Waals surface area contributed by atoms with E-state index in [0.717, 1.165) is 91.9 Å². The van der Waals surface area contributed by atoms with Gasteiger partial charge in [0.2, 0.25) is 0 Å². The van der Waals surface area contributed by atoms with E-state index in [4.69, 9.17) is 33.2 Å². The first-order valence-corrected chi connectivity index (χ1v) is 12.3. The second kappa shape index (κ2) is 11.4. The van der Waals surface area contributed by atoms with Gasteiger partial charge in [-0.2, -0.15) is 0 Å². The van der Waals surface area contributed by atoms with Gasteiger partial charge in [-0.3, -0.25) is 9.80 Å². The van der Waals surface area contributed by atoms with Crippen LogP contribution in [0.4, 0.5) is 5.82 Å². The van der Waals surface area contributed by atoms with Gasteiger partial charge in [-0.1, -0.05) is 41.4 Å². The van der Waals surface area contributed by atoms with Gasteiger partial charge in [0.25, 0.3) is 0 Å². The van der Waals surface area contributed by atoms with E-state index in [1.54, 1.807) is 0 Å². The summed E-state index contributed by atoms with van der Waals surface area (Å²) in [6.07, 6.45) is 1.07. The monoisotopic (exact) mass is 486 g/mol. The average molecular weight is 487 g/mol. The van der Waals surface area contributed by atoms with Crippen LogP contribution in [0.2, 0.25) is 10.0 Å². The van der Waals surface area contributed by atoms with Gasteiger partial charge < -0.3 is 10.2 Å². The minimum atomic E-state index is 0.676. The number of hydrogen-bond donors (Lipinski definition) is 1. The fourth-order valence-corrected chi connectivity index (χ4v) is 4.60. The number of aromatic nitrogens is 2. The molecule has 1 aromatic heterocycles. The van der Waals surface area contributed by atoms with E-state index in [1.807, 2.05) is 30.3 Å². The Morgan fingerprint density at radius 1 is 0.939 bits per heavy atom. The second-order valence-corrected chi connectivity index (χ2v) is 9.72. The average Bonchev–Trinajstić information content (AvgIpc) is 2.79. The lowest BCUT2D eigenvalue weighted by Crippen LogP contribution is -2.45. The maximum absolute atomic E-state index is 6.36. The standard InChI is InChI=1S/C25H32Cl2N6/c1-31(2)11-5-10-28-25-21-6-3-4-7-23(21)29-24(30-25)18-33-14-12-32(13-15-33)17-19-8-9-20(26)16-22(19)27/h3-4,6-9,16H,5,10-15,17-18H2,1-2H3,(H,28,29,30). The molecule has 2 aromatic carbocycles. The van der Waals surface area contributed by atoms with Crippen molar-refractivity contribution in [1.82, 2.24) is 24.7 Å². The predicted octanol–water partition coefficient (Wildman–Crippen LogP) is 4.62. The highest BCUT2D eigenvalue weighted by molar-refractivity contribution is 6.35. The Balaban J connectivity index is 1.36. The number of anilines is 1. The van der Waals surface area contributed by atoms with Crippen molar-refractivity contribution in [1.29, 1.82) is 0 Å². The zero-order chi connectivity index (χ0) is 23.2. The first-order chi connectivity index (χ1) is 16.0. The molecule has 33 heavy (non-hydrogen) atoms. The van der Waals surface area contributed by atoms with E-state index >= 15 is 0 Å². The van der Waals surface area contributed by atoms with Gasteiger partial charge >= 0.3 is 0 Å². The Labute approximate surface area is 206 Å². The summed E-state index contributed by atoms with van der Waals surface area (Å²) in [7, 11) is 4.20. The zero-order valence-electron chi connectivity index (χ0n) is 19.4. The van der Waals surface area contributed by atoms with E-state index in [0.29, 0.717) is 5.02 Å². The minimum absolute atomic E-state index is 0.676. The number of nitrogens with zero attached hydrogens (tertiary/aromatic N) is 5. The third-order valence-corrected chi connectivity index (χ3v) is 6.55. The normalized spacial score (nSPS) is 15.4. The molecule has 4 rings (SSSR count). The lowest BCUT2D eigenvalue weighted by Gasteiger charge is -2.34. The summed E-state index contributed by atoms with van der Waals surface area (Å²) >= 11 is 12.4. The van der Waals surface area contributed by atoms with Crippen molar-refractivity contribution in [2.75, 3.05) is 58.7 Å². The molecule has 8 heteroatoms. The molecule has 3 aromatic rings. The maximum Gasteiger partial charge on any atom is 0.145 e. The van der Waals surface area contributed by atoms with E-state index in [2.05, 4.69) is 46.2 Å². The van der Waals surface area contributed by atoms with E-state index in [1.165, 1.54) is 0 Å². The van der Waals surface area contributed by atoms with Crippen LogP contribution in [0.25, 0.3) is 10.9 Å². The molecule has 1 fully saturated rings. The molecule has 0 aliphatic carbocycles. The Morgan fingerprint density at radius 3 is 2.39 bits per heavy atom. The van der Waals surface area contributed by atoms with Crippen LogP contribution in [0.5, 0.6) is 0 Å². The summed E-state index contributed by atoms with van der Waals surface area (Å²) in [4.78, 5) is 16.8. The summed E-state index contributed by atoms with van der Waals surface area (Å²) in [5.74, 6) is 1.81. The number of para-hydroxylation sites is 1. The number of fused-ring (bicyclic) bond motifs is 1. The molecule has 0 atom stereocenters. The number of piperazine rings is 1. The molecule has 2 heterocycles. The lowest BCUT2D eigenvalue weighted by molar-refractivity contribution is 0.120. The van der Waals surface area contributed by atoms with Gasteiger partial charge in [-0.25, -0.2) is 9.97 Å². The van der Waals surface area contributed by atoms with E-state index in [9.17, 15) is 0 Å². The van der Waals surface area contributed by atoms with E-state index < -0.39 is 0 Å². The van der Waals surface area contributed by atoms with Crippen LogP contribution >= 0.6 is 23.2 Å². The van der Waals surface area contributed by atoms with Crippen LogP contribution < -0.4 is 5.32 Å². The Bertz CT molecular complexity index is 1070. The summed E-state index contributed by atoms with van der Waals surface area (Å²) in [5.41, 5.74) is 2.12. The summed E-state index contributed by atoms with van der Waals surface area (Å²) in [6.45, 7) is 7.48. The first-order valence-electron chi connectivity index (χ1n) is 11.5. The zero-order valence-corrected chi connectivity index (χ0v) is 20.9. The number of halogens is 2. The molecule has 0 unspecified atom stereocenters. The quantitative estimate of drug-likeness (QED) is 0.445.